The van der Waals surface area contributed by atoms with Crippen molar-refractivity contribution in [3.8, 4) is 0 Å². The van der Waals surface area contributed by atoms with E-state index in [-0.39, 0.29) is 0 Å². The van der Waals surface area contributed by atoms with Gasteiger partial charge < -0.3 is 0 Å². The molecule has 0 saturated heterocycles. The summed E-state index contributed by atoms with van der Waals surface area (Å²) in [4.78, 5) is 17.5. The minimum absolute atomic E-state index is 0.977. The first-order valence-corrected chi connectivity index (χ1v) is 9.49. The number of hydrogen-bond donors (Lipinski definition) is 0. The molecule has 4 nitrogen and oxygen atoms in total. The molecule has 0 spiro atoms. The number of benzene rings is 2. The average molecular weight is 374 g/mol. The molecule has 0 amide bonds. The first-order valence-electron chi connectivity index (χ1n) is 9.49. The molecule has 0 aliphatic carbocycles. The number of aromatic nitrogens is 4. The number of pyridine rings is 4. The van der Waals surface area contributed by atoms with Gasteiger partial charge in [-0.15, -0.1) is 0 Å². The van der Waals surface area contributed by atoms with Gasteiger partial charge >= 0.3 is 0 Å². The summed E-state index contributed by atoms with van der Waals surface area (Å²) < 4.78 is 0. The summed E-state index contributed by atoms with van der Waals surface area (Å²) in [6, 6.07) is 22.4. The zero-order chi connectivity index (χ0) is 19.6. The van der Waals surface area contributed by atoms with Crippen LogP contribution in [0.1, 0.15) is 5.56 Å². The topological polar surface area (TPSA) is 51.6 Å². The lowest BCUT2D eigenvalue weighted by molar-refractivity contribution is 1.36. The summed E-state index contributed by atoms with van der Waals surface area (Å²) in [6.07, 6.45) is 7.23. The standard InChI is InChI=1S/C13H10N2.C12H8N2/c1-9-8-10-4-2-6-14-12(10)13-11(9)5-3-7-15-13;1-3-9-5-6-10-4-2-8-14-12(10)11(9)13-7-1/h2-8H,1H3;1-8H. The van der Waals surface area contributed by atoms with E-state index in [1.165, 1.54) is 10.9 Å². The maximum atomic E-state index is 4.41. The number of rotatable bonds is 0. The zero-order valence-electron chi connectivity index (χ0n) is 15.9. The van der Waals surface area contributed by atoms with Gasteiger partial charge in [0.2, 0.25) is 0 Å². The van der Waals surface area contributed by atoms with Crippen molar-refractivity contribution in [1.82, 2.24) is 19.9 Å². The molecule has 0 bridgehead atoms. The molecule has 0 saturated carbocycles. The molecule has 0 radical (unpaired) electrons. The lowest BCUT2D eigenvalue weighted by Crippen LogP contribution is -1.86. The summed E-state index contributed by atoms with van der Waals surface area (Å²) in [5.41, 5.74) is 5.18. The third kappa shape index (κ3) is 3.15. The van der Waals surface area contributed by atoms with Crippen LogP contribution >= 0.6 is 0 Å². The van der Waals surface area contributed by atoms with Crippen molar-refractivity contribution in [2.75, 3.05) is 0 Å². The molecule has 0 fully saturated rings. The molecule has 138 valence electrons. The monoisotopic (exact) mass is 374 g/mol. The molecule has 4 heterocycles. The number of aryl methyl sites for hydroxylation is 1. The average Bonchev–Trinajstić information content (AvgIpc) is 2.80. The lowest BCUT2D eigenvalue weighted by atomic mass is 10.1. The largest absolute Gasteiger partial charge is 0.254 e. The highest BCUT2D eigenvalue weighted by molar-refractivity contribution is 6.04. The maximum Gasteiger partial charge on any atom is 0.0967 e. The van der Waals surface area contributed by atoms with Gasteiger partial charge in [-0.05, 0) is 42.8 Å². The fraction of sp³-hybridized carbons (Fsp3) is 0.0400. The number of nitrogens with zero attached hydrogens (tertiary/aromatic N) is 4. The van der Waals surface area contributed by atoms with E-state index in [0.29, 0.717) is 0 Å². The second-order valence-corrected chi connectivity index (χ2v) is 6.88. The Morgan fingerprint density at radius 3 is 1.52 bits per heavy atom. The fourth-order valence-corrected chi connectivity index (χ4v) is 3.64. The Morgan fingerprint density at radius 1 is 0.483 bits per heavy atom. The Balaban J connectivity index is 0.000000125. The van der Waals surface area contributed by atoms with E-state index >= 15 is 0 Å². The van der Waals surface area contributed by atoms with Crippen molar-refractivity contribution in [1.29, 1.82) is 0 Å². The molecular weight excluding hydrogens is 356 g/mol. The van der Waals surface area contributed by atoms with Crippen LogP contribution in [-0.4, -0.2) is 19.9 Å². The second kappa shape index (κ2) is 7.24. The van der Waals surface area contributed by atoms with Gasteiger partial charge in [-0.1, -0.05) is 36.4 Å². The van der Waals surface area contributed by atoms with Gasteiger partial charge in [-0.3, -0.25) is 19.9 Å². The van der Waals surface area contributed by atoms with Gasteiger partial charge in [0, 0.05) is 46.3 Å². The molecule has 0 aliphatic heterocycles. The molecule has 6 aromatic rings. The Labute approximate surface area is 167 Å². The lowest BCUT2D eigenvalue weighted by Gasteiger charge is -2.04. The van der Waals surface area contributed by atoms with Crippen molar-refractivity contribution < 1.29 is 0 Å². The predicted molar refractivity (Wildman–Crippen MR) is 119 cm³/mol. The predicted octanol–water partition coefficient (Wildman–Crippen LogP) is 5.87. The minimum atomic E-state index is 0.977. The highest BCUT2D eigenvalue weighted by Gasteiger charge is 2.04. The molecule has 0 aliphatic rings. The Kier molecular flexibility index (Phi) is 4.30. The van der Waals surface area contributed by atoms with E-state index in [1.807, 2.05) is 36.7 Å². The van der Waals surface area contributed by atoms with Crippen LogP contribution in [0.15, 0.2) is 91.5 Å². The van der Waals surface area contributed by atoms with Crippen molar-refractivity contribution in [2.45, 2.75) is 6.92 Å². The summed E-state index contributed by atoms with van der Waals surface area (Å²) in [5, 5.41) is 4.61. The van der Waals surface area contributed by atoms with E-state index in [1.54, 1.807) is 12.4 Å². The summed E-state index contributed by atoms with van der Waals surface area (Å²) in [7, 11) is 0. The Bertz CT molecular complexity index is 1420. The molecule has 4 aromatic heterocycles. The van der Waals surface area contributed by atoms with Gasteiger partial charge in [-0.25, -0.2) is 0 Å². The van der Waals surface area contributed by atoms with E-state index < -0.39 is 0 Å². The maximum absolute atomic E-state index is 4.41. The minimum Gasteiger partial charge on any atom is -0.254 e. The summed E-state index contributed by atoms with van der Waals surface area (Å²) >= 11 is 0. The smallest absolute Gasteiger partial charge is 0.0967 e. The van der Waals surface area contributed by atoms with Crippen LogP contribution < -0.4 is 0 Å². The van der Waals surface area contributed by atoms with Gasteiger partial charge in [0.15, 0.2) is 0 Å². The Morgan fingerprint density at radius 2 is 0.931 bits per heavy atom. The first-order chi connectivity index (χ1) is 14.3. The normalized spacial score (nSPS) is 10.9. The third-order valence-corrected chi connectivity index (χ3v) is 5.01. The molecule has 0 atom stereocenters. The van der Waals surface area contributed by atoms with Crippen LogP contribution in [0.4, 0.5) is 0 Å². The number of hydrogen-bond acceptors (Lipinski definition) is 4. The molecular formula is C25H18N4. The summed E-state index contributed by atoms with van der Waals surface area (Å²) in [6.45, 7) is 2.11. The van der Waals surface area contributed by atoms with Crippen molar-refractivity contribution in [3.05, 3.63) is 97.1 Å². The van der Waals surface area contributed by atoms with E-state index in [4.69, 9.17) is 0 Å². The fourth-order valence-electron chi connectivity index (χ4n) is 3.64. The van der Waals surface area contributed by atoms with Crippen molar-refractivity contribution in [2.24, 2.45) is 0 Å². The van der Waals surface area contributed by atoms with Crippen LogP contribution in [0.3, 0.4) is 0 Å². The van der Waals surface area contributed by atoms with E-state index in [2.05, 4.69) is 69.3 Å². The molecule has 2 aromatic carbocycles. The molecule has 0 N–H and O–H groups in total. The quantitative estimate of drug-likeness (QED) is 0.312. The van der Waals surface area contributed by atoms with Crippen molar-refractivity contribution >= 4 is 43.6 Å². The highest BCUT2D eigenvalue weighted by Crippen LogP contribution is 2.24. The number of fused-ring (bicyclic) bond motifs is 6. The Hall–Kier alpha value is -3.92. The van der Waals surface area contributed by atoms with Gasteiger partial charge in [0.25, 0.3) is 0 Å². The third-order valence-electron chi connectivity index (χ3n) is 5.01. The van der Waals surface area contributed by atoms with Crippen LogP contribution in [0.5, 0.6) is 0 Å². The van der Waals surface area contributed by atoms with Gasteiger partial charge in [0.1, 0.15) is 0 Å². The zero-order valence-corrected chi connectivity index (χ0v) is 15.9. The molecule has 0 unspecified atom stereocenters. The van der Waals surface area contributed by atoms with Gasteiger partial charge in [-0.2, -0.15) is 0 Å². The van der Waals surface area contributed by atoms with E-state index in [0.717, 1.165) is 38.2 Å². The van der Waals surface area contributed by atoms with Crippen LogP contribution in [0, 0.1) is 6.92 Å². The van der Waals surface area contributed by atoms with Gasteiger partial charge in [0.05, 0.1) is 22.1 Å². The molecule has 4 heteroatoms. The molecule has 6 rings (SSSR count). The van der Waals surface area contributed by atoms with E-state index in [9.17, 15) is 0 Å². The van der Waals surface area contributed by atoms with Crippen molar-refractivity contribution in [3.63, 3.8) is 0 Å². The van der Waals surface area contributed by atoms with Crippen LogP contribution in [0.2, 0.25) is 0 Å². The molecule has 29 heavy (non-hydrogen) atoms. The van der Waals surface area contributed by atoms with Crippen LogP contribution in [-0.2, 0) is 0 Å². The SMILES string of the molecule is Cc1cc2cccnc2c2ncccc12.c1cnc2c(c1)ccc1cccnc12. The summed E-state index contributed by atoms with van der Waals surface area (Å²) in [5.74, 6) is 0. The second-order valence-electron chi connectivity index (χ2n) is 6.88. The first kappa shape index (κ1) is 17.2. The van der Waals surface area contributed by atoms with Crippen LogP contribution in [0.25, 0.3) is 43.6 Å². The highest BCUT2D eigenvalue weighted by atomic mass is 14.7.